The van der Waals surface area contributed by atoms with Gasteiger partial charge in [0.2, 0.25) is 11.6 Å². The van der Waals surface area contributed by atoms with E-state index in [2.05, 4.69) is 15.6 Å². The Morgan fingerprint density at radius 1 is 0.969 bits per heavy atom. The Morgan fingerprint density at radius 2 is 1.69 bits per heavy atom. The molecule has 5 aliphatic rings. The van der Waals surface area contributed by atoms with Gasteiger partial charge in [0.15, 0.2) is 0 Å². The normalized spacial score (nSPS) is 29.2. The van der Waals surface area contributed by atoms with Gasteiger partial charge in [-0.15, -0.1) is 0 Å². The maximum Gasteiger partial charge on any atom is 0.407 e. The van der Waals surface area contributed by atoms with Crippen LogP contribution in [0, 0.1) is 30.6 Å². The second-order valence-electron chi connectivity index (χ2n) is 16.9. The van der Waals surface area contributed by atoms with Gasteiger partial charge >= 0.3 is 11.9 Å². The van der Waals surface area contributed by atoms with Crippen molar-refractivity contribution in [3.05, 3.63) is 99.9 Å². The molecule has 4 aliphatic heterocycles. The zero-order chi connectivity index (χ0) is 46.6. The van der Waals surface area contributed by atoms with Crippen molar-refractivity contribution in [1.82, 2.24) is 20.5 Å². The number of pyridine rings is 1. The number of allylic oxidation sites excluding steroid dienone is 4. The molecule has 0 unspecified atom stereocenters. The Morgan fingerprint density at radius 3 is 2.36 bits per heavy atom. The molecule has 17 nitrogen and oxygen atoms in total. The number of hydrogen-bond donors (Lipinski definition) is 5. The van der Waals surface area contributed by atoms with E-state index in [4.69, 9.17) is 23.7 Å². The van der Waals surface area contributed by atoms with E-state index in [1.54, 1.807) is 57.0 Å². The molecule has 9 atom stereocenters. The number of ketones is 3. The molecule has 344 valence electrons. The zero-order valence-electron chi connectivity index (χ0n) is 37.4. The molecule has 64 heavy (non-hydrogen) atoms. The van der Waals surface area contributed by atoms with Crippen molar-refractivity contribution in [2.45, 2.75) is 85.1 Å². The van der Waals surface area contributed by atoms with Crippen LogP contribution in [0.2, 0.25) is 0 Å². The number of nitrogens with one attached hydrogen (secondary N) is 2. The third-order valence-electron chi connectivity index (χ3n) is 12.6. The summed E-state index contributed by atoms with van der Waals surface area (Å²) < 4.78 is 29.5. The number of aromatic nitrogens is 1. The van der Waals surface area contributed by atoms with Gasteiger partial charge in [0.05, 0.1) is 54.5 Å². The van der Waals surface area contributed by atoms with Crippen LogP contribution in [-0.4, -0.2) is 125 Å². The first-order valence-corrected chi connectivity index (χ1v) is 21.5. The van der Waals surface area contributed by atoms with Crippen molar-refractivity contribution in [3.63, 3.8) is 0 Å². The lowest BCUT2D eigenvalue weighted by atomic mass is 9.78. The lowest BCUT2D eigenvalue weighted by molar-refractivity contribution is -0.116. The van der Waals surface area contributed by atoms with E-state index in [9.17, 15) is 39.3 Å². The predicted molar refractivity (Wildman–Crippen MR) is 231 cm³/mol. The Kier molecular flexibility index (Phi) is 14.8. The first-order chi connectivity index (χ1) is 30.4. The van der Waals surface area contributed by atoms with Crippen LogP contribution in [0.3, 0.4) is 0 Å². The number of phenols is 1. The Bertz CT molecular complexity index is 2270. The van der Waals surface area contributed by atoms with Gasteiger partial charge in [-0.05, 0) is 32.1 Å². The van der Waals surface area contributed by atoms with Crippen LogP contribution in [0.5, 0.6) is 11.5 Å². The van der Waals surface area contributed by atoms with Crippen LogP contribution in [0.4, 0.5) is 4.79 Å². The first-order valence-electron chi connectivity index (χ1n) is 21.5. The number of aromatic hydroxyl groups is 1. The van der Waals surface area contributed by atoms with Gasteiger partial charge in [-0.3, -0.25) is 24.2 Å². The Labute approximate surface area is 372 Å². The third kappa shape index (κ3) is 9.48. The zero-order valence-corrected chi connectivity index (χ0v) is 37.4. The summed E-state index contributed by atoms with van der Waals surface area (Å²) in [5.74, 6) is -8.84. The third-order valence-corrected chi connectivity index (χ3v) is 12.6. The van der Waals surface area contributed by atoms with E-state index < -0.39 is 94.5 Å². The second kappa shape index (κ2) is 19.9. The van der Waals surface area contributed by atoms with Crippen molar-refractivity contribution in [2.75, 3.05) is 40.0 Å². The average molecular weight is 887 g/mol. The standard InChI is InChI=1S/C47H58N4O13/c1-24-12-11-13-25(2)45(58)50-35-36(51-19-22-61-23-20-51)41(56)32-33(40(35)55)39(54)29(6)43-34(32)44(57)47(7,64-43)62-21-16-31(60-8)26(3)42(28(5)38(53)27(4)37(24)52)63-46(59)49-18-15-30-14-9-10-17-48-30/h9-14,16-17,21,24,26-28,31,37-38,42,52-54H,15,18-20,22-23H2,1-8H3,(H,49,59)(H,50,58)/t24-,26+,27+,28+,31-,37-,38+,42+,47-/m0/s1. The molecular weight excluding hydrogens is 829 g/mol. The van der Waals surface area contributed by atoms with Crippen molar-refractivity contribution >= 4 is 29.4 Å². The number of alkyl carbamates (subject to hydrolysis) is 1. The van der Waals surface area contributed by atoms with Crippen molar-refractivity contribution in [1.29, 1.82) is 0 Å². The van der Waals surface area contributed by atoms with E-state index in [1.165, 1.54) is 46.3 Å². The fourth-order valence-electron chi connectivity index (χ4n) is 8.58. The number of amides is 2. The molecule has 0 spiro atoms. The number of aliphatic hydroxyl groups excluding tert-OH is 2. The van der Waals surface area contributed by atoms with E-state index in [1.807, 2.05) is 12.1 Å². The van der Waals surface area contributed by atoms with E-state index in [0.717, 1.165) is 5.69 Å². The largest absolute Gasteiger partial charge is 0.507 e. The summed E-state index contributed by atoms with van der Waals surface area (Å²) in [6, 6.07) is 5.47. The van der Waals surface area contributed by atoms with Gasteiger partial charge in [-0.25, -0.2) is 4.79 Å². The fourth-order valence-corrected chi connectivity index (χ4v) is 8.58. The minimum atomic E-state index is -2.11. The number of benzene rings is 1. The quantitative estimate of drug-likeness (QED) is 0.275. The van der Waals surface area contributed by atoms with E-state index in [0.29, 0.717) is 6.42 Å². The molecule has 5 N–H and O–H groups in total. The number of carbonyl (C=O) groups excluding carboxylic acids is 5. The highest BCUT2D eigenvalue weighted by Gasteiger charge is 2.53. The molecule has 1 aliphatic carbocycles. The van der Waals surface area contributed by atoms with Crippen LogP contribution in [0.1, 0.15) is 83.9 Å². The molecular formula is C47H58N4O13. The lowest BCUT2D eigenvalue weighted by Crippen LogP contribution is -2.48. The topological polar surface area (TPSA) is 232 Å². The number of Topliss-reactive ketones (excluding diaryl/α,β-unsaturated/α-hetero) is 3. The molecule has 2 amide bonds. The molecule has 1 aromatic carbocycles. The van der Waals surface area contributed by atoms with Crippen LogP contribution in [-0.2, 0) is 30.2 Å². The summed E-state index contributed by atoms with van der Waals surface area (Å²) in [5, 5.41) is 40.2. The van der Waals surface area contributed by atoms with Crippen LogP contribution < -0.4 is 15.4 Å². The van der Waals surface area contributed by atoms with Crippen LogP contribution in [0.15, 0.2) is 71.9 Å². The van der Waals surface area contributed by atoms with E-state index >= 15 is 0 Å². The number of phenolic OH excluding ortho intramolecular Hbond substituents is 1. The number of carbonyl (C=O) groups is 5. The molecule has 1 saturated heterocycles. The summed E-state index contributed by atoms with van der Waals surface area (Å²) in [5.41, 5.74) is -0.768. The number of rotatable bonds is 6. The van der Waals surface area contributed by atoms with E-state index in [-0.39, 0.29) is 72.3 Å². The molecule has 0 radical (unpaired) electrons. The molecule has 1 aromatic heterocycles. The maximum absolute atomic E-state index is 14.8. The molecule has 7 rings (SSSR count). The molecule has 5 heterocycles. The summed E-state index contributed by atoms with van der Waals surface area (Å²) in [7, 11) is 1.42. The second-order valence-corrected chi connectivity index (χ2v) is 16.9. The van der Waals surface area contributed by atoms with Crippen molar-refractivity contribution in [2.24, 2.45) is 23.7 Å². The summed E-state index contributed by atoms with van der Waals surface area (Å²) in [6.07, 6.45) is 4.50. The van der Waals surface area contributed by atoms with Crippen molar-refractivity contribution in [3.8, 4) is 11.5 Å². The number of hydrogen-bond acceptors (Lipinski definition) is 15. The number of morpholine rings is 1. The van der Waals surface area contributed by atoms with Gasteiger partial charge < -0.3 is 54.5 Å². The van der Waals surface area contributed by atoms with Gasteiger partial charge in [0.25, 0.3) is 11.7 Å². The minimum Gasteiger partial charge on any atom is -0.507 e. The highest BCUT2D eigenvalue weighted by Crippen LogP contribution is 2.49. The number of methoxy groups -OCH3 is 1. The summed E-state index contributed by atoms with van der Waals surface area (Å²) in [4.78, 5) is 76.8. The molecule has 0 saturated carbocycles. The molecule has 5 bridgehead atoms. The maximum atomic E-state index is 14.8. The number of nitrogens with zero attached hydrogens (tertiary/aromatic N) is 2. The average Bonchev–Trinajstić information content (AvgIpc) is 3.55. The van der Waals surface area contributed by atoms with Crippen LogP contribution >= 0.6 is 0 Å². The lowest BCUT2D eigenvalue weighted by Gasteiger charge is -2.38. The molecule has 17 heteroatoms. The fraction of sp³-hybridized carbons (Fsp3) is 0.489. The summed E-state index contributed by atoms with van der Waals surface area (Å²) in [6.45, 7) is 12.1. The monoisotopic (exact) mass is 886 g/mol. The number of ether oxygens (including phenoxy) is 5. The molecule has 2 aromatic rings. The Balaban J connectivity index is 1.41. The smallest absolute Gasteiger partial charge is 0.407 e. The predicted octanol–water partition coefficient (Wildman–Crippen LogP) is 4.09. The summed E-state index contributed by atoms with van der Waals surface area (Å²) >= 11 is 0. The van der Waals surface area contributed by atoms with Gasteiger partial charge in [0, 0.05) is 86.8 Å². The van der Waals surface area contributed by atoms with Gasteiger partial charge in [0.1, 0.15) is 29.0 Å². The number of fused-ring (bicyclic) bond motifs is 14. The Hall–Kier alpha value is -5.88. The van der Waals surface area contributed by atoms with Gasteiger partial charge in [-0.2, -0.15) is 0 Å². The molecule has 1 fully saturated rings. The van der Waals surface area contributed by atoms with Crippen molar-refractivity contribution < 1.29 is 63.0 Å². The highest BCUT2D eigenvalue weighted by atomic mass is 16.7. The minimum absolute atomic E-state index is 0.00782. The van der Waals surface area contributed by atoms with Crippen LogP contribution in [0.25, 0.3) is 0 Å². The first kappa shape index (κ1) is 47.6. The SMILES string of the molecule is CO[C@H]1C=CO[C@@]2(C)Oc3c(C)c(O)c4c(c3C2=O)C(=O)C(N2CCOCC2)=C(NC(=O)C(C)=CC=C[C@H](C)[C@H](O)[C@@H](C)[C@@H](O)[C@@H](C)[C@H](OC(=O)NCCc2ccccn2)[C@@H]1C)C4=O. The number of aliphatic hydroxyl groups is 2. The van der Waals surface area contributed by atoms with Gasteiger partial charge in [-0.1, -0.05) is 52.0 Å². The highest BCUT2D eigenvalue weighted by molar-refractivity contribution is 6.32.